The van der Waals surface area contributed by atoms with Gasteiger partial charge >= 0.3 is 6.36 Å². The lowest BCUT2D eigenvalue weighted by Crippen LogP contribution is -2.63. The number of amides is 1. The molecule has 0 radical (unpaired) electrons. The van der Waals surface area contributed by atoms with Crippen molar-refractivity contribution in [2.45, 2.75) is 70.3 Å². The van der Waals surface area contributed by atoms with Crippen LogP contribution in [-0.4, -0.2) is 34.2 Å². The maximum Gasteiger partial charge on any atom is 0.573 e. The van der Waals surface area contributed by atoms with Gasteiger partial charge in [-0.1, -0.05) is 25.4 Å². The minimum Gasteiger partial charge on any atom is -0.404 e. The van der Waals surface area contributed by atoms with Gasteiger partial charge in [0.05, 0.1) is 16.5 Å². The van der Waals surface area contributed by atoms with Gasteiger partial charge in [0, 0.05) is 35.6 Å². The number of alkyl halides is 3. The van der Waals surface area contributed by atoms with Crippen LogP contribution in [0, 0.1) is 16.7 Å². The number of fused-ring (bicyclic) bond motifs is 3. The molecule has 2 unspecified atom stereocenters. The number of rotatable bonds is 5. The largest absolute Gasteiger partial charge is 0.573 e. The van der Waals surface area contributed by atoms with Crippen LogP contribution in [-0.2, 0) is 4.79 Å². The number of aromatic amines is 1. The SMILES string of the molecule is CCC1CC2(C#N)CC(C2)N1C(=O)CC(C)c1c[nH]c2ccc(OC(F)(F)F)c(Cl)c12. The molecular formula is C22H23ClF3N3O2. The van der Waals surface area contributed by atoms with Gasteiger partial charge in [0.15, 0.2) is 0 Å². The standard InChI is InChI=1S/C22H23ClF3N3O2/c1-3-13-7-21(11-27)8-14(9-21)29(13)18(30)6-12(2)15-10-28-16-4-5-17(20(23)19(15)16)31-22(24,25)26/h4-5,10,12-14,28H,3,6-9H2,1-2H3. The van der Waals surface area contributed by atoms with Crippen molar-refractivity contribution < 1.29 is 22.7 Å². The number of H-pyrrole nitrogens is 1. The fourth-order valence-corrected chi connectivity index (χ4v) is 5.51. The number of ether oxygens (including phenoxy) is 1. The molecule has 1 aromatic carbocycles. The van der Waals surface area contributed by atoms with E-state index in [0.29, 0.717) is 22.9 Å². The second-order valence-electron chi connectivity index (χ2n) is 8.72. The van der Waals surface area contributed by atoms with Gasteiger partial charge in [-0.2, -0.15) is 5.26 Å². The Morgan fingerprint density at radius 2 is 2.13 bits per heavy atom. The van der Waals surface area contributed by atoms with E-state index >= 15 is 0 Å². The van der Waals surface area contributed by atoms with E-state index in [0.717, 1.165) is 19.3 Å². The quantitative estimate of drug-likeness (QED) is 0.613. The number of hydrogen-bond acceptors (Lipinski definition) is 3. The molecule has 1 N–H and O–H groups in total. The van der Waals surface area contributed by atoms with Crippen LogP contribution < -0.4 is 4.74 Å². The second-order valence-corrected chi connectivity index (χ2v) is 9.10. The second kappa shape index (κ2) is 7.63. The fourth-order valence-electron chi connectivity index (χ4n) is 5.19. The third-order valence-electron chi connectivity index (χ3n) is 6.68. The number of nitrogens with zero attached hydrogens (tertiary/aromatic N) is 2. The third kappa shape index (κ3) is 3.84. The number of nitrogens with one attached hydrogen (secondary N) is 1. The van der Waals surface area contributed by atoms with Crippen LogP contribution >= 0.6 is 11.6 Å². The average Bonchev–Trinajstić information content (AvgIpc) is 3.12. The van der Waals surface area contributed by atoms with Crippen LogP contribution in [0.5, 0.6) is 5.75 Å². The van der Waals surface area contributed by atoms with Crippen molar-refractivity contribution in [1.29, 1.82) is 5.26 Å². The summed E-state index contributed by atoms with van der Waals surface area (Å²) in [5.74, 6) is -0.727. The van der Waals surface area contributed by atoms with E-state index in [4.69, 9.17) is 11.6 Å². The zero-order valence-corrected chi connectivity index (χ0v) is 18.0. The monoisotopic (exact) mass is 453 g/mol. The Morgan fingerprint density at radius 3 is 2.74 bits per heavy atom. The summed E-state index contributed by atoms with van der Waals surface area (Å²) in [7, 11) is 0. The zero-order valence-electron chi connectivity index (χ0n) is 17.2. The first kappa shape index (κ1) is 21.8. The summed E-state index contributed by atoms with van der Waals surface area (Å²) in [5.41, 5.74) is 0.967. The van der Waals surface area contributed by atoms with E-state index < -0.39 is 12.1 Å². The highest BCUT2D eigenvalue weighted by Crippen LogP contribution is 2.53. The van der Waals surface area contributed by atoms with Crippen molar-refractivity contribution in [2.24, 2.45) is 5.41 Å². The number of piperidine rings is 2. The van der Waals surface area contributed by atoms with Crippen LogP contribution in [0.25, 0.3) is 10.9 Å². The summed E-state index contributed by atoms with van der Waals surface area (Å²) in [5, 5.41) is 9.77. The Kier molecular flexibility index (Phi) is 5.37. The van der Waals surface area contributed by atoms with E-state index in [-0.39, 0.29) is 40.8 Å². The summed E-state index contributed by atoms with van der Waals surface area (Å²) in [6, 6.07) is 5.23. The van der Waals surface area contributed by atoms with Crippen molar-refractivity contribution >= 4 is 28.4 Å². The van der Waals surface area contributed by atoms with Crippen LogP contribution in [0.2, 0.25) is 5.02 Å². The van der Waals surface area contributed by atoms with E-state index in [9.17, 15) is 23.2 Å². The zero-order chi connectivity index (χ0) is 22.6. The smallest absolute Gasteiger partial charge is 0.404 e. The first-order chi connectivity index (χ1) is 14.6. The van der Waals surface area contributed by atoms with Crippen LogP contribution in [0.4, 0.5) is 13.2 Å². The Bertz CT molecular complexity index is 1050. The highest BCUT2D eigenvalue weighted by Gasteiger charge is 2.55. The Balaban J connectivity index is 1.56. The van der Waals surface area contributed by atoms with Gasteiger partial charge < -0.3 is 14.6 Å². The number of nitriles is 1. The molecule has 0 spiro atoms. The fraction of sp³-hybridized carbons (Fsp3) is 0.545. The molecule has 3 aliphatic rings. The molecule has 5 nitrogen and oxygen atoms in total. The van der Waals surface area contributed by atoms with Gasteiger partial charge in [0.1, 0.15) is 5.75 Å². The highest BCUT2D eigenvalue weighted by molar-refractivity contribution is 6.37. The molecule has 2 atom stereocenters. The van der Waals surface area contributed by atoms with Crippen molar-refractivity contribution in [3.05, 3.63) is 28.9 Å². The first-order valence-electron chi connectivity index (χ1n) is 10.3. The van der Waals surface area contributed by atoms with Crippen molar-refractivity contribution in [2.75, 3.05) is 0 Å². The molecule has 166 valence electrons. The van der Waals surface area contributed by atoms with Crippen LogP contribution in [0.1, 0.15) is 57.4 Å². The van der Waals surface area contributed by atoms with Crippen molar-refractivity contribution in [3.8, 4) is 11.8 Å². The molecular weight excluding hydrogens is 431 g/mol. The lowest BCUT2D eigenvalue weighted by molar-refractivity contribution is -0.274. The van der Waals surface area contributed by atoms with Crippen molar-refractivity contribution in [3.63, 3.8) is 0 Å². The normalized spacial score (nSPS) is 26.3. The van der Waals surface area contributed by atoms with E-state index in [1.54, 1.807) is 6.20 Å². The minimum absolute atomic E-state index is 0.00348. The molecule has 9 heteroatoms. The predicted octanol–water partition coefficient (Wildman–Crippen LogP) is 5.90. The van der Waals surface area contributed by atoms with E-state index in [1.165, 1.54) is 12.1 Å². The van der Waals surface area contributed by atoms with Gasteiger partial charge in [-0.15, -0.1) is 13.2 Å². The summed E-state index contributed by atoms with van der Waals surface area (Å²) in [4.78, 5) is 18.2. The Hall–Kier alpha value is -2.40. The first-order valence-corrected chi connectivity index (χ1v) is 10.7. The lowest BCUT2D eigenvalue weighted by atomic mass is 9.58. The van der Waals surface area contributed by atoms with Gasteiger partial charge in [0.2, 0.25) is 5.91 Å². The highest BCUT2D eigenvalue weighted by atomic mass is 35.5. The summed E-state index contributed by atoms with van der Waals surface area (Å²) >= 11 is 6.26. The average molecular weight is 454 g/mol. The molecule has 31 heavy (non-hydrogen) atoms. The predicted molar refractivity (Wildman–Crippen MR) is 110 cm³/mol. The lowest BCUT2D eigenvalue weighted by Gasteiger charge is -2.58. The number of halogens is 4. The van der Waals surface area contributed by atoms with Gasteiger partial charge in [0.25, 0.3) is 0 Å². The van der Waals surface area contributed by atoms with Crippen LogP contribution in [0.3, 0.4) is 0 Å². The molecule has 5 rings (SSSR count). The third-order valence-corrected chi connectivity index (χ3v) is 7.05. The number of benzene rings is 1. The molecule has 1 saturated carbocycles. The summed E-state index contributed by atoms with van der Waals surface area (Å²) in [6.45, 7) is 3.88. The molecule has 1 amide bonds. The molecule has 3 fully saturated rings. The molecule has 2 saturated heterocycles. The van der Waals surface area contributed by atoms with E-state index in [1.807, 2.05) is 18.7 Å². The Labute approximate surface area is 183 Å². The van der Waals surface area contributed by atoms with Crippen LogP contribution in [0.15, 0.2) is 18.3 Å². The maximum atomic E-state index is 13.2. The van der Waals surface area contributed by atoms with E-state index in [2.05, 4.69) is 15.8 Å². The van der Waals surface area contributed by atoms with Gasteiger partial charge in [-0.05, 0) is 49.3 Å². The molecule has 2 aliphatic heterocycles. The molecule has 3 heterocycles. The Morgan fingerprint density at radius 1 is 1.42 bits per heavy atom. The number of carbonyl (C=O) groups excluding carboxylic acids is 1. The molecule has 1 aromatic heterocycles. The molecule has 2 bridgehead atoms. The maximum absolute atomic E-state index is 13.2. The molecule has 1 aliphatic carbocycles. The summed E-state index contributed by atoms with van der Waals surface area (Å²) in [6.07, 6.45) is -0.0248. The molecule has 2 aromatic rings. The topological polar surface area (TPSA) is 69.1 Å². The number of aromatic nitrogens is 1. The number of carbonyl (C=O) groups is 1. The number of hydrogen-bond donors (Lipinski definition) is 1. The van der Waals surface area contributed by atoms with Gasteiger partial charge in [-0.25, -0.2) is 0 Å². The minimum atomic E-state index is -4.85. The van der Waals surface area contributed by atoms with Gasteiger partial charge in [-0.3, -0.25) is 4.79 Å². The summed E-state index contributed by atoms with van der Waals surface area (Å²) < 4.78 is 42.1. The van der Waals surface area contributed by atoms with Crippen molar-refractivity contribution in [1.82, 2.24) is 9.88 Å².